The summed E-state index contributed by atoms with van der Waals surface area (Å²) in [6.07, 6.45) is 3.28. The summed E-state index contributed by atoms with van der Waals surface area (Å²) in [7, 11) is 0. The van der Waals surface area contributed by atoms with Gasteiger partial charge in [0, 0.05) is 11.1 Å². The SMILES string of the molecule is CC(C)Oc1ccccc1/C=C/C(=O)c1cccc(O)c1. The molecule has 0 aromatic heterocycles. The second kappa shape index (κ2) is 6.75. The zero-order valence-corrected chi connectivity index (χ0v) is 12.1. The van der Waals surface area contributed by atoms with Gasteiger partial charge < -0.3 is 9.84 Å². The molecule has 0 saturated carbocycles. The van der Waals surface area contributed by atoms with Crippen LogP contribution in [0.5, 0.6) is 11.5 Å². The Kier molecular flexibility index (Phi) is 4.77. The minimum absolute atomic E-state index is 0.0707. The van der Waals surface area contributed by atoms with Gasteiger partial charge in [-0.3, -0.25) is 4.79 Å². The Balaban J connectivity index is 2.19. The number of carbonyl (C=O) groups excluding carboxylic acids is 1. The van der Waals surface area contributed by atoms with E-state index in [9.17, 15) is 9.90 Å². The van der Waals surface area contributed by atoms with E-state index in [0.29, 0.717) is 5.56 Å². The number of ketones is 1. The van der Waals surface area contributed by atoms with Gasteiger partial charge in [0.05, 0.1) is 6.10 Å². The molecule has 0 amide bonds. The lowest BCUT2D eigenvalue weighted by Gasteiger charge is -2.11. The van der Waals surface area contributed by atoms with Crippen molar-refractivity contribution < 1.29 is 14.6 Å². The third-order valence-electron chi connectivity index (χ3n) is 2.83. The van der Waals surface area contributed by atoms with Crippen LogP contribution in [0.2, 0.25) is 0 Å². The number of aromatic hydroxyl groups is 1. The van der Waals surface area contributed by atoms with Gasteiger partial charge in [0.25, 0.3) is 0 Å². The predicted octanol–water partition coefficient (Wildman–Crippen LogP) is 4.08. The number of benzene rings is 2. The molecule has 0 atom stereocenters. The molecule has 3 nitrogen and oxygen atoms in total. The molecule has 0 bridgehead atoms. The molecular weight excluding hydrogens is 264 g/mol. The Morgan fingerprint density at radius 2 is 1.90 bits per heavy atom. The zero-order valence-electron chi connectivity index (χ0n) is 12.1. The van der Waals surface area contributed by atoms with Gasteiger partial charge in [0.1, 0.15) is 11.5 Å². The normalized spacial score (nSPS) is 11.0. The van der Waals surface area contributed by atoms with Crippen LogP contribution in [0.15, 0.2) is 54.6 Å². The fourth-order valence-electron chi connectivity index (χ4n) is 1.90. The number of carbonyl (C=O) groups is 1. The number of hydrogen-bond donors (Lipinski definition) is 1. The fraction of sp³-hybridized carbons (Fsp3) is 0.167. The highest BCUT2D eigenvalue weighted by molar-refractivity contribution is 6.07. The van der Waals surface area contributed by atoms with E-state index < -0.39 is 0 Å². The quantitative estimate of drug-likeness (QED) is 0.664. The summed E-state index contributed by atoms with van der Waals surface area (Å²) >= 11 is 0. The molecule has 0 aliphatic rings. The standard InChI is InChI=1S/C18H18O3/c1-13(2)21-18-9-4-3-6-14(18)10-11-17(20)15-7-5-8-16(19)12-15/h3-13,19H,1-2H3/b11-10+. The Labute approximate surface area is 124 Å². The number of ether oxygens (including phenoxy) is 1. The third-order valence-corrected chi connectivity index (χ3v) is 2.83. The van der Waals surface area contributed by atoms with Crippen LogP contribution in [0, 0.1) is 0 Å². The molecule has 21 heavy (non-hydrogen) atoms. The van der Waals surface area contributed by atoms with Crippen LogP contribution in [0.1, 0.15) is 29.8 Å². The first-order chi connectivity index (χ1) is 10.1. The summed E-state index contributed by atoms with van der Waals surface area (Å²) in [5.74, 6) is 0.663. The number of allylic oxidation sites excluding steroid dienone is 1. The third kappa shape index (κ3) is 4.21. The van der Waals surface area contributed by atoms with Gasteiger partial charge in [0.15, 0.2) is 5.78 Å². The average molecular weight is 282 g/mol. The van der Waals surface area contributed by atoms with Crippen LogP contribution in [0.4, 0.5) is 0 Å². The van der Waals surface area contributed by atoms with Crippen molar-refractivity contribution in [3.05, 3.63) is 65.7 Å². The minimum Gasteiger partial charge on any atom is -0.508 e. The van der Waals surface area contributed by atoms with Crippen LogP contribution in [0.25, 0.3) is 6.08 Å². The molecule has 2 aromatic carbocycles. The maximum atomic E-state index is 12.1. The summed E-state index contributed by atoms with van der Waals surface area (Å²) in [5.41, 5.74) is 1.30. The van der Waals surface area contributed by atoms with E-state index >= 15 is 0 Å². The second-order valence-corrected chi connectivity index (χ2v) is 4.95. The van der Waals surface area contributed by atoms with E-state index in [1.165, 1.54) is 18.2 Å². The Morgan fingerprint density at radius 1 is 1.14 bits per heavy atom. The number of phenolic OH excluding ortho intramolecular Hbond substituents is 1. The highest BCUT2D eigenvalue weighted by Gasteiger charge is 2.05. The lowest BCUT2D eigenvalue weighted by molar-refractivity contribution is 0.104. The first kappa shape index (κ1) is 14.9. The van der Waals surface area contributed by atoms with E-state index in [1.807, 2.05) is 38.1 Å². The molecule has 0 fully saturated rings. The van der Waals surface area contributed by atoms with Crippen molar-refractivity contribution in [2.75, 3.05) is 0 Å². The van der Waals surface area contributed by atoms with E-state index in [-0.39, 0.29) is 17.6 Å². The van der Waals surface area contributed by atoms with Crippen LogP contribution < -0.4 is 4.74 Å². The summed E-state index contributed by atoms with van der Waals surface area (Å²) < 4.78 is 5.70. The lowest BCUT2D eigenvalue weighted by Crippen LogP contribution is -2.06. The first-order valence-electron chi connectivity index (χ1n) is 6.83. The van der Waals surface area contributed by atoms with Crippen molar-refractivity contribution in [2.45, 2.75) is 20.0 Å². The van der Waals surface area contributed by atoms with Crippen molar-refractivity contribution in [3.8, 4) is 11.5 Å². The largest absolute Gasteiger partial charge is 0.508 e. The Bertz CT molecular complexity index is 657. The summed E-state index contributed by atoms with van der Waals surface area (Å²) in [6.45, 7) is 3.91. The van der Waals surface area contributed by atoms with Gasteiger partial charge in [-0.1, -0.05) is 30.3 Å². The fourth-order valence-corrected chi connectivity index (χ4v) is 1.90. The molecule has 0 saturated heterocycles. The number of rotatable bonds is 5. The monoisotopic (exact) mass is 282 g/mol. The van der Waals surface area contributed by atoms with Crippen molar-refractivity contribution in [3.63, 3.8) is 0 Å². The molecule has 0 aliphatic carbocycles. The van der Waals surface area contributed by atoms with Gasteiger partial charge in [-0.2, -0.15) is 0 Å². The van der Waals surface area contributed by atoms with Gasteiger partial charge in [-0.25, -0.2) is 0 Å². The van der Waals surface area contributed by atoms with Crippen LogP contribution >= 0.6 is 0 Å². The van der Waals surface area contributed by atoms with E-state index in [4.69, 9.17) is 4.74 Å². The molecule has 3 heteroatoms. The van der Waals surface area contributed by atoms with Gasteiger partial charge >= 0.3 is 0 Å². The highest BCUT2D eigenvalue weighted by Crippen LogP contribution is 2.21. The predicted molar refractivity (Wildman–Crippen MR) is 83.7 cm³/mol. The molecule has 2 rings (SSSR count). The molecule has 1 N–H and O–H groups in total. The highest BCUT2D eigenvalue weighted by atomic mass is 16.5. The van der Waals surface area contributed by atoms with E-state index in [1.54, 1.807) is 18.2 Å². The average Bonchev–Trinajstić information content (AvgIpc) is 2.45. The zero-order chi connectivity index (χ0) is 15.2. The van der Waals surface area contributed by atoms with Crippen molar-refractivity contribution in [2.24, 2.45) is 0 Å². The van der Waals surface area contributed by atoms with E-state index in [2.05, 4.69) is 0 Å². The molecule has 2 aromatic rings. The summed E-state index contributed by atoms with van der Waals surface area (Å²) in [4.78, 5) is 12.1. The van der Waals surface area contributed by atoms with E-state index in [0.717, 1.165) is 11.3 Å². The molecule has 0 spiro atoms. The molecule has 108 valence electrons. The smallest absolute Gasteiger partial charge is 0.185 e. The van der Waals surface area contributed by atoms with Gasteiger partial charge in [0.2, 0.25) is 0 Å². The maximum absolute atomic E-state index is 12.1. The van der Waals surface area contributed by atoms with Crippen LogP contribution in [-0.4, -0.2) is 17.0 Å². The Morgan fingerprint density at radius 3 is 2.62 bits per heavy atom. The maximum Gasteiger partial charge on any atom is 0.185 e. The molecule has 0 heterocycles. The molecule has 0 aliphatic heterocycles. The Hall–Kier alpha value is -2.55. The molecular formula is C18H18O3. The topological polar surface area (TPSA) is 46.5 Å². The second-order valence-electron chi connectivity index (χ2n) is 4.95. The van der Waals surface area contributed by atoms with Crippen LogP contribution in [-0.2, 0) is 0 Å². The van der Waals surface area contributed by atoms with Crippen molar-refractivity contribution >= 4 is 11.9 Å². The number of phenols is 1. The molecule has 0 radical (unpaired) electrons. The van der Waals surface area contributed by atoms with Crippen molar-refractivity contribution in [1.82, 2.24) is 0 Å². The first-order valence-corrected chi connectivity index (χ1v) is 6.83. The number of para-hydroxylation sites is 1. The molecule has 0 unspecified atom stereocenters. The summed E-state index contributed by atoms with van der Waals surface area (Å²) in [5, 5.41) is 9.39. The lowest BCUT2D eigenvalue weighted by atomic mass is 10.1. The van der Waals surface area contributed by atoms with Gasteiger partial charge in [-0.15, -0.1) is 0 Å². The number of hydrogen-bond acceptors (Lipinski definition) is 3. The van der Waals surface area contributed by atoms with Gasteiger partial charge in [-0.05, 0) is 44.2 Å². The van der Waals surface area contributed by atoms with Crippen molar-refractivity contribution in [1.29, 1.82) is 0 Å². The minimum atomic E-state index is -0.162. The van der Waals surface area contributed by atoms with Crippen LogP contribution in [0.3, 0.4) is 0 Å². The summed E-state index contributed by atoms with van der Waals surface area (Å²) in [6, 6.07) is 13.9.